The fourth-order valence-corrected chi connectivity index (χ4v) is 2.78. The highest BCUT2D eigenvalue weighted by Gasteiger charge is 2.36. The smallest absolute Gasteiger partial charge is 0.407 e. The van der Waals surface area contributed by atoms with Crippen molar-refractivity contribution in [2.45, 2.75) is 24.9 Å². The molecule has 1 amide bonds. The number of piperidine rings is 1. The summed E-state index contributed by atoms with van der Waals surface area (Å²) in [7, 11) is 4.04. The summed E-state index contributed by atoms with van der Waals surface area (Å²) in [5.41, 5.74) is 1.08. The first kappa shape index (κ1) is 12.9. The standard InChI is InChI=1S/C14H20N2O2/c1-15(2)12-9-6-10-16(14(17)18)13(12)11-7-4-3-5-8-11/h3-5,7-8,12-13H,6,9-10H2,1-2H3,(H,17,18)/t12-,13-/m1/s1. The van der Waals surface area contributed by atoms with Gasteiger partial charge in [-0.3, -0.25) is 4.90 Å². The highest BCUT2D eigenvalue weighted by atomic mass is 16.4. The van der Waals surface area contributed by atoms with E-state index in [9.17, 15) is 9.90 Å². The van der Waals surface area contributed by atoms with Crippen LogP contribution in [0.15, 0.2) is 30.3 Å². The Hall–Kier alpha value is -1.55. The summed E-state index contributed by atoms with van der Waals surface area (Å²) >= 11 is 0. The van der Waals surface area contributed by atoms with Crippen LogP contribution in [0.1, 0.15) is 24.4 Å². The highest BCUT2D eigenvalue weighted by molar-refractivity contribution is 5.66. The topological polar surface area (TPSA) is 43.8 Å². The normalized spacial score (nSPS) is 24.3. The average molecular weight is 248 g/mol. The lowest BCUT2D eigenvalue weighted by Crippen LogP contribution is -2.49. The number of carboxylic acid groups (broad SMARTS) is 1. The van der Waals surface area contributed by atoms with Crippen LogP contribution in [-0.4, -0.2) is 47.7 Å². The van der Waals surface area contributed by atoms with Crippen LogP contribution in [0.5, 0.6) is 0 Å². The second-order valence-electron chi connectivity index (χ2n) is 5.00. The van der Waals surface area contributed by atoms with Gasteiger partial charge in [0, 0.05) is 12.6 Å². The monoisotopic (exact) mass is 248 g/mol. The molecule has 0 unspecified atom stereocenters. The molecule has 4 nitrogen and oxygen atoms in total. The zero-order valence-corrected chi connectivity index (χ0v) is 10.9. The second kappa shape index (κ2) is 5.40. The number of likely N-dealkylation sites (N-methyl/N-ethyl adjacent to an activating group) is 1. The molecule has 1 aliphatic rings. The van der Waals surface area contributed by atoms with Gasteiger partial charge in [0.1, 0.15) is 0 Å². The maximum absolute atomic E-state index is 11.4. The Kier molecular flexibility index (Phi) is 3.87. The fraction of sp³-hybridized carbons (Fsp3) is 0.500. The van der Waals surface area contributed by atoms with Gasteiger partial charge < -0.3 is 10.0 Å². The number of likely N-dealkylation sites (tertiary alicyclic amines) is 1. The molecule has 0 bridgehead atoms. The largest absolute Gasteiger partial charge is 0.465 e. The number of rotatable bonds is 2. The molecule has 0 saturated carbocycles. The molecule has 1 heterocycles. The van der Waals surface area contributed by atoms with Gasteiger partial charge in [-0.1, -0.05) is 30.3 Å². The first-order valence-electron chi connectivity index (χ1n) is 6.32. The first-order valence-corrected chi connectivity index (χ1v) is 6.32. The third kappa shape index (κ3) is 2.48. The van der Waals surface area contributed by atoms with Crippen LogP contribution in [0.3, 0.4) is 0 Å². The average Bonchev–Trinajstić information content (AvgIpc) is 2.38. The first-order chi connectivity index (χ1) is 8.61. The number of hydrogen-bond donors (Lipinski definition) is 1. The van der Waals surface area contributed by atoms with E-state index in [1.54, 1.807) is 4.90 Å². The van der Waals surface area contributed by atoms with E-state index >= 15 is 0 Å². The third-order valence-electron chi connectivity index (χ3n) is 3.65. The molecule has 4 heteroatoms. The lowest BCUT2D eigenvalue weighted by atomic mass is 9.90. The third-order valence-corrected chi connectivity index (χ3v) is 3.65. The van der Waals surface area contributed by atoms with Crippen LogP contribution in [0.2, 0.25) is 0 Å². The number of hydrogen-bond acceptors (Lipinski definition) is 2. The van der Waals surface area contributed by atoms with Crippen LogP contribution in [0.25, 0.3) is 0 Å². The maximum atomic E-state index is 11.4. The van der Waals surface area contributed by atoms with E-state index < -0.39 is 6.09 Å². The van der Waals surface area contributed by atoms with E-state index in [0.29, 0.717) is 6.54 Å². The van der Waals surface area contributed by atoms with Crippen molar-refractivity contribution in [3.8, 4) is 0 Å². The summed E-state index contributed by atoms with van der Waals surface area (Å²) in [5, 5.41) is 9.38. The molecule has 0 spiro atoms. The van der Waals surface area contributed by atoms with Crippen LogP contribution in [-0.2, 0) is 0 Å². The van der Waals surface area contributed by atoms with Crippen molar-refractivity contribution in [2.75, 3.05) is 20.6 Å². The predicted molar refractivity (Wildman–Crippen MR) is 70.6 cm³/mol. The molecule has 0 aromatic heterocycles. The zero-order valence-electron chi connectivity index (χ0n) is 10.9. The van der Waals surface area contributed by atoms with Crippen LogP contribution < -0.4 is 0 Å². The van der Waals surface area contributed by atoms with Gasteiger partial charge in [-0.05, 0) is 32.5 Å². The van der Waals surface area contributed by atoms with Gasteiger partial charge in [0.05, 0.1) is 6.04 Å². The molecule has 98 valence electrons. The molecule has 1 saturated heterocycles. The molecule has 1 aliphatic heterocycles. The van der Waals surface area contributed by atoms with Crippen molar-refractivity contribution in [3.63, 3.8) is 0 Å². The lowest BCUT2D eigenvalue weighted by Gasteiger charge is -2.43. The maximum Gasteiger partial charge on any atom is 0.407 e. The van der Waals surface area contributed by atoms with Crippen molar-refractivity contribution >= 4 is 6.09 Å². The van der Waals surface area contributed by atoms with Gasteiger partial charge in [0.2, 0.25) is 0 Å². The van der Waals surface area contributed by atoms with E-state index in [1.165, 1.54) is 0 Å². The van der Waals surface area contributed by atoms with Gasteiger partial charge in [-0.25, -0.2) is 4.79 Å². The minimum Gasteiger partial charge on any atom is -0.465 e. The summed E-state index contributed by atoms with van der Waals surface area (Å²) in [4.78, 5) is 15.1. The Bertz CT molecular complexity index is 406. The van der Waals surface area contributed by atoms with Crippen molar-refractivity contribution in [2.24, 2.45) is 0 Å². The lowest BCUT2D eigenvalue weighted by molar-refractivity contribution is 0.0594. The van der Waals surface area contributed by atoms with Crippen molar-refractivity contribution in [1.29, 1.82) is 0 Å². The van der Waals surface area contributed by atoms with E-state index in [1.807, 2.05) is 44.4 Å². The summed E-state index contributed by atoms with van der Waals surface area (Å²) in [6.07, 6.45) is 1.14. The van der Waals surface area contributed by atoms with Crippen LogP contribution >= 0.6 is 0 Å². The molecule has 1 N–H and O–H groups in total. The number of benzene rings is 1. The summed E-state index contributed by atoms with van der Waals surface area (Å²) in [6.45, 7) is 0.624. The Morgan fingerprint density at radius 1 is 1.33 bits per heavy atom. The highest BCUT2D eigenvalue weighted by Crippen LogP contribution is 2.33. The number of nitrogens with zero attached hydrogens (tertiary/aromatic N) is 2. The quantitative estimate of drug-likeness (QED) is 0.874. The van der Waals surface area contributed by atoms with Gasteiger partial charge in [-0.2, -0.15) is 0 Å². The molecule has 1 fully saturated rings. The number of carbonyl (C=O) groups is 1. The van der Waals surface area contributed by atoms with E-state index in [0.717, 1.165) is 18.4 Å². The van der Waals surface area contributed by atoms with Crippen molar-refractivity contribution in [3.05, 3.63) is 35.9 Å². The van der Waals surface area contributed by atoms with Crippen molar-refractivity contribution < 1.29 is 9.90 Å². The molecule has 0 radical (unpaired) electrons. The predicted octanol–water partition coefficient (Wildman–Crippen LogP) is 2.43. The van der Waals surface area contributed by atoms with Gasteiger partial charge in [0.25, 0.3) is 0 Å². The Balaban J connectivity index is 2.35. The molecular weight excluding hydrogens is 228 g/mol. The SMILES string of the molecule is CN(C)[C@@H]1CCCN(C(=O)O)[C@@H]1c1ccccc1. The zero-order chi connectivity index (χ0) is 13.1. The van der Waals surface area contributed by atoms with Gasteiger partial charge in [0.15, 0.2) is 0 Å². The summed E-state index contributed by atoms with van der Waals surface area (Å²) < 4.78 is 0. The number of amides is 1. The van der Waals surface area contributed by atoms with Gasteiger partial charge >= 0.3 is 6.09 Å². The Morgan fingerprint density at radius 3 is 2.56 bits per heavy atom. The molecular formula is C14H20N2O2. The molecule has 2 rings (SSSR count). The molecule has 0 aliphatic carbocycles. The van der Waals surface area contributed by atoms with Crippen molar-refractivity contribution in [1.82, 2.24) is 9.80 Å². The minimum atomic E-state index is -0.824. The second-order valence-corrected chi connectivity index (χ2v) is 5.00. The van der Waals surface area contributed by atoms with Crippen LogP contribution in [0.4, 0.5) is 4.79 Å². The van der Waals surface area contributed by atoms with E-state index in [-0.39, 0.29) is 12.1 Å². The summed E-state index contributed by atoms with van der Waals surface area (Å²) in [5.74, 6) is 0. The molecule has 18 heavy (non-hydrogen) atoms. The molecule has 1 aromatic carbocycles. The molecule has 1 aromatic rings. The van der Waals surface area contributed by atoms with Gasteiger partial charge in [-0.15, -0.1) is 0 Å². The van der Waals surface area contributed by atoms with E-state index in [4.69, 9.17) is 0 Å². The van der Waals surface area contributed by atoms with E-state index in [2.05, 4.69) is 4.90 Å². The summed E-state index contributed by atoms with van der Waals surface area (Å²) in [6, 6.07) is 10.1. The minimum absolute atomic E-state index is 0.0625. The van der Waals surface area contributed by atoms with Crippen LogP contribution in [0, 0.1) is 0 Å². The fourth-order valence-electron chi connectivity index (χ4n) is 2.78. The Morgan fingerprint density at radius 2 is 2.00 bits per heavy atom. The Labute approximate surface area is 108 Å². The molecule has 2 atom stereocenters.